The van der Waals surface area contributed by atoms with Crippen LogP contribution in [0.4, 0.5) is 0 Å². The lowest BCUT2D eigenvalue weighted by molar-refractivity contribution is -0.228. The summed E-state index contributed by atoms with van der Waals surface area (Å²) in [5, 5.41) is 0. The molecule has 0 saturated carbocycles. The van der Waals surface area contributed by atoms with Gasteiger partial charge in [0, 0.05) is 44.6 Å². The highest BCUT2D eigenvalue weighted by molar-refractivity contribution is 9.10. The van der Waals surface area contributed by atoms with Crippen LogP contribution in [0.1, 0.15) is 33.6 Å². The van der Waals surface area contributed by atoms with E-state index in [-0.39, 0.29) is 12.5 Å². The van der Waals surface area contributed by atoms with Crippen molar-refractivity contribution in [1.29, 1.82) is 0 Å². The van der Waals surface area contributed by atoms with Crippen LogP contribution in [0, 0.1) is 0 Å². The minimum atomic E-state index is -0.668. The van der Waals surface area contributed by atoms with E-state index in [1.165, 1.54) is 0 Å². The van der Waals surface area contributed by atoms with E-state index in [1.54, 1.807) is 37.3 Å². The summed E-state index contributed by atoms with van der Waals surface area (Å²) in [6, 6.07) is 4.90. The minimum absolute atomic E-state index is 0.253. The Morgan fingerprint density at radius 3 is 2.32 bits per heavy atom. The van der Waals surface area contributed by atoms with Gasteiger partial charge >= 0.3 is 0 Å². The van der Waals surface area contributed by atoms with Crippen LogP contribution in [0.2, 0.25) is 0 Å². The van der Waals surface area contributed by atoms with Crippen LogP contribution in [0.3, 0.4) is 0 Å². The molecule has 0 unspecified atom stereocenters. The molecule has 2 heterocycles. The minimum Gasteiger partial charge on any atom is -0.353 e. The van der Waals surface area contributed by atoms with Gasteiger partial charge in [-0.15, -0.1) is 0 Å². The third-order valence-electron chi connectivity index (χ3n) is 4.85. The molecule has 3 rings (SSSR count). The van der Waals surface area contributed by atoms with Crippen molar-refractivity contribution >= 4 is 33.7 Å². The second kappa shape index (κ2) is 6.86. The summed E-state index contributed by atoms with van der Waals surface area (Å²) < 4.78 is 11.5. The molecule has 134 valence electrons. The largest absolute Gasteiger partial charge is 0.353 e. The molecular weight excluding hydrogens is 392 g/mol. The number of imide groups is 1. The third-order valence-corrected chi connectivity index (χ3v) is 5.34. The molecule has 7 nitrogen and oxygen atoms in total. The average Bonchev–Trinajstić information content (AvgIpc) is 2.86. The Hall–Kier alpha value is -1.77. The Morgan fingerprint density at radius 1 is 1.12 bits per heavy atom. The molecule has 0 radical (unpaired) electrons. The first-order chi connectivity index (χ1) is 11.9. The van der Waals surface area contributed by atoms with Gasteiger partial charge in [-0.3, -0.25) is 19.3 Å². The number of benzene rings is 1. The number of piperidine rings is 1. The topological polar surface area (TPSA) is 76.2 Å². The number of carbonyl (C=O) groups is 3. The first kappa shape index (κ1) is 18.0. The van der Waals surface area contributed by atoms with Crippen LogP contribution in [-0.4, -0.2) is 67.2 Å². The van der Waals surface area contributed by atoms with E-state index < -0.39 is 17.6 Å². The number of ether oxygens (including phenoxy) is 2. The maximum absolute atomic E-state index is 12.5. The molecule has 3 amide bonds. The van der Waals surface area contributed by atoms with Gasteiger partial charge < -0.3 is 14.4 Å². The first-order valence-electron chi connectivity index (χ1n) is 7.94. The van der Waals surface area contributed by atoms with Crippen molar-refractivity contribution in [2.75, 3.05) is 33.9 Å². The molecule has 25 heavy (non-hydrogen) atoms. The molecule has 0 aliphatic carbocycles. The summed E-state index contributed by atoms with van der Waals surface area (Å²) in [4.78, 5) is 40.0. The van der Waals surface area contributed by atoms with Crippen LogP contribution >= 0.6 is 15.9 Å². The van der Waals surface area contributed by atoms with Crippen molar-refractivity contribution in [1.82, 2.24) is 9.80 Å². The van der Waals surface area contributed by atoms with Crippen molar-refractivity contribution in [3.8, 4) is 0 Å². The van der Waals surface area contributed by atoms with Gasteiger partial charge in [0.15, 0.2) is 5.79 Å². The number of amides is 3. The number of likely N-dealkylation sites (tertiary alicyclic amines) is 1. The van der Waals surface area contributed by atoms with Gasteiger partial charge in [-0.2, -0.15) is 0 Å². The van der Waals surface area contributed by atoms with Gasteiger partial charge in [-0.05, 0) is 18.2 Å². The summed E-state index contributed by atoms with van der Waals surface area (Å²) in [7, 11) is 3.16. The average molecular weight is 411 g/mol. The number of halogens is 1. The molecule has 0 aromatic heterocycles. The summed E-state index contributed by atoms with van der Waals surface area (Å²) in [6.07, 6.45) is 1.08. The Kier molecular flexibility index (Phi) is 4.95. The van der Waals surface area contributed by atoms with Crippen molar-refractivity contribution < 1.29 is 23.9 Å². The molecule has 1 aromatic carbocycles. The molecule has 8 heteroatoms. The summed E-state index contributed by atoms with van der Waals surface area (Å²) in [5.74, 6) is -1.79. The Bertz CT molecular complexity index is 722. The molecule has 1 aromatic rings. The van der Waals surface area contributed by atoms with Gasteiger partial charge in [0.05, 0.1) is 11.1 Å². The van der Waals surface area contributed by atoms with Gasteiger partial charge in [-0.25, -0.2) is 0 Å². The Balaban J connectivity index is 1.67. The zero-order valence-corrected chi connectivity index (χ0v) is 15.7. The maximum Gasteiger partial charge on any atom is 0.262 e. The van der Waals surface area contributed by atoms with E-state index >= 15 is 0 Å². The number of methoxy groups -OCH3 is 2. The molecule has 0 bridgehead atoms. The first-order valence-corrected chi connectivity index (χ1v) is 8.74. The zero-order chi connectivity index (χ0) is 18.2. The van der Waals surface area contributed by atoms with E-state index in [1.807, 2.05) is 0 Å². The fraction of sp³-hybridized carbons (Fsp3) is 0.471. The Morgan fingerprint density at radius 2 is 1.72 bits per heavy atom. The van der Waals surface area contributed by atoms with Crippen molar-refractivity contribution in [3.63, 3.8) is 0 Å². The quantitative estimate of drug-likeness (QED) is 0.557. The van der Waals surface area contributed by atoms with Gasteiger partial charge in [0.1, 0.15) is 6.54 Å². The SMILES string of the molecule is COC1(OC)CCN(C(=O)CN2C(=O)c3ccc(Br)cc3C2=O)CC1. The lowest BCUT2D eigenvalue weighted by Gasteiger charge is -2.39. The highest BCUT2D eigenvalue weighted by atomic mass is 79.9. The van der Waals surface area contributed by atoms with Crippen LogP contribution in [0.25, 0.3) is 0 Å². The highest BCUT2D eigenvalue weighted by Crippen LogP contribution is 2.28. The van der Waals surface area contributed by atoms with Crippen LogP contribution in [0.15, 0.2) is 22.7 Å². The summed E-state index contributed by atoms with van der Waals surface area (Å²) >= 11 is 3.29. The standard InChI is InChI=1S/C17H19BrN2O5/c1-24-17(25-2)5-7-19(8-6-17)14(21)10-20-15(22)12-4-3-11(18)9-13(12)16(20)23/h3-4,9H,5-8,10H2,1-2H3. The van der Waals surface area contributed by atoms with E-state index in [0.717, 1.165) is 4.90 Å². The number of nitrogens with zero attached hydrogens (tertiary/aromatic N) is 2. The van der Waals surface area contributed by atoms with Crippen molar-refractivity contribution in [3.05, 3.63) is 33.8 Å². The molecule has 2 aliphatic rings. The lowest BCUT2D eigenvalue weighted by Crippen LogP contribution is -2.51. The second-order valence-electron chi connectivity index (χ2n) is 6.09. The van der Waals surface area contributed by atoms with Gasteiger partial charge in [0.2, 0.25) is 5.91 Å². The van der Waals surface area contributed by atoms with Gasteiger partial charge in [-0.1, -0.05) is 15.9 Å². The van der Waals surface area contributed by atoms with Crippen molar-refractivity contribution in [2.24, 2.45) is 0 Å². The van der Waals surface area contributed by atoms with Gasteiger partial charge in [0.25, 0.3) is 11.8 Å². The molecule has 0 spiro atoms. The second-order valence-corrected chi connectivity index (χ2v) is 7.00. The van der Waals surface area contributed by atoms with Crippen LogP contribution in [-0.2, 0) is 14.3 Å². The lowest BCUT2D eigenvalue weighted by atomic mass is 10.0. The predicted octanol–water partition coefficient (Wildman–Crippen LogP) is 1.66. The molecule has 1 saturated heterocycles. The maximum atomic E-state index is 12.5. The smallest absolute Gasteiger partial charge is 0.262 e. The van der Waals surface area contributed by atoms with Crippen molar-refractivity contribution in [2.45, 2.75) is 18.6 Å². The zero-order valence-electron chi connectivity index (χ0n) is 14.1. The molecular formula is C17H19BrN2O5. The Labute approximate surface area is 154 Å². The fourth-order valence-electron chi connectivity index (χ4n) is 3.23. The molecule has 1 fully saturated rings. The molecule has 2 aliphatic heterocycles. The number of fused-ring (bicyclic) bond motifs is 1. The molecule has 0 atom stereocenters. The third kappa shape index (κ3) is 3.21. The predicted molar refractivity (Wildman–Crippen MR) is 92.1 cm³/mol. The normalized spacial score (nSPS) is 19.3. The highest BCUT2D eigenvalue weighted by Gasteiger charge is 2.40. The summed E-state index contributed by atoms with van der Waals surface area (Å²) in [5.41, 5.74) is 0.654. The van der Waals surface area contributed by atoms with E-state index in [2.05, 4.69) is 15.9 Å². The van der Waals surface area contributed by atoms with E-state index in [9.17, 15) is 14.4 Å². The van der Waals surface area contributed by atoms with E-state index in [0.29, 0.717) is 41.5 Å². The fourth-order valence-corrected chi connectivity index (χ4v) is 3.59. The number of hydrogen-bond donors (Lipinski definition) is 0. The monoisotopic (exact) mass is 410 g/mol. The number of carbonyl (C=O) groups excluding carboxylic acids is 3. The summed E-state index contributed by atoms with van der Waals surface area (Å²) in [6.45, 7) is 0.654. The molecule has 0 N–H and O–H groups in total. The van der Waals surface area contributed by atoms with E-state index in [4.69, 9.17) is 9.47 Å². The number of rotatable bonds is 4. The van der Waals surface area contributed by atoms with Crippen LogP contribution < -0.4 is 0 Å². The van der Waals surface area contributed by atoms with Crippen LogP contribution in [0.5, 0.6) is 0 Å². The number of hydrogen-bond acceptors (Lipinski definition) is 5.